The summed E-state index contributed by atoms with van der Waals surface area (Å²) in [5, 5.41) is 4.26. The van der Waals surface area contributed by atoms with Crippen molar-refractivity contribution in [1.29, 1.82) is 0 Å². The molecule has 3 rings (SSSR count). The maximum Gasteiger partial charge on any atom is 0.340 e. The van der Waals surface area contributed by atoms with Gasteiger partial charge in [0.15, 0.2) is 5.11 Å². The van der Waals surface area contributed by atoms with Crippen LogP contribution in [0.25, 0.3) is 0 Å². The van der Waals surface area contributed by atoms with E-state index < -0.39 is 16.0 Å². The molecule has 156 valence electrons. The predicted molar refractivity (Wildman–Crippen MR) is 118 cm³/mol. The molecule has 10 heteroatoms. The van der Waals surface area contributed by atoms with Gasteiger partial charge in [-0.3, -0.25) is 0 Å². The second-order valence-corrected chi connectivity index (χ2v) is 9.90. The Morgan fingerprint density at radius 1 is 1.21 bits per heavy atom. The van der Waals surface area contributed by atoms with Gasteiger partial charge in [0.05, 0.1) is 17.6 Å². The molecular weight excluding hydrogens is 430 g/mol. The van der Waals surface area contributed by atoms with Crippen LogP contribution < -0.4 is 5.32 Å². The molecule has 1 aliphatic heterocycles. The zero-order valence-corrected chi connectivity index (χ0v) is 18.7. The van der Waals surface area contributed by atoms with Crippen molar-refractivity contribution in [1.82, 2.24) is 9.21 Å². The minimum absolute atomic E-state index is 0.294. The van der Waals surface area contributed by atoms with Crippen molar-refractivity contribution in [3.8, 4) is 0 Å². The van der Waals surface area contributed by atoms with Gasteiger partial charge in [-0.05, 0) is 36.8 Å². The first-order chi connectivity index (χ1) is 13.9. The molecule has 1 aromatic heterocycles. The summed E-state index contributed by atoms with van der Waals surface area (Å²) >= 11 is 6.98. The first-order valence-electron chi connectivity index (χ1n) is 9.19. The van der Waals surface area contributed by atoms with Crippen LogP contribution in [-0.4, -0.2) is 62.0 Å². The zero-order valence-electron chi connectivity index (χ0n) is 16.3. The lowest BCUT2D eigenvalue weighted by molar-refractivity contribution is 0.0602. The van der Waals surface area contributed by atoms with E-state index in [1.54, 1.807) is 30.3 Å². The SMILES string of the molecule is CCc1cc(C(=O)OC)c(NC(=S)N2CCN(S(=O)(=O)c3ccccc3)CC2)s1. The Bertz CT molecular complexity index is 981. The molecule has 29 heavy (non-hydrogen) atoms. The number of thiophene rings is 1. The number of piperazine rings is 1. The highest BCUT2D eigenvalue weighted by Crippen LogP contribution is 2.29. The van der Waals surface area contributed by atoms with E-state index in [9.17, 15) is 13.2 Å². The van der Waals surface area contributed by atoms with Crippen molar-refractivity contribution in [3.05, 3.63) is 46.8 Å². The summed E-state index contributed by atoms with van der Waals surface area (Å²) < 4.78 is 31.8. The van der Waals surface area contributed by atoms with Crippen LogP contribution >= 0.6 is 23.6 Å². The summed E-state index contributed by atoms with van der Waals surface area (Å²) in [5.41, 5.74) is 0.460. The van der Waals surface area contributed by atoms with Crippen LogP contribution in [0.4, 0.5) is 5.00 Å². The van der Waals surface area contributed by atoms with E-state index in [4.69, 9.17) is 17.0 Å². The number of sulfonamides is 1. The number of anilines is 1. The Labute approximate surface area is 180 Å². The van der Waals surface area contributed by atoms with Crippen LogP contribution in [0.5, 0.6) is 0 Å². The molecular formula is C19H23N3O4S3. The first-order valence-corrected chi connectivity index (χ1v) is 11.9. The van der Waals surface area contributed by atoms with Crippen molar-refractivity contribution in [2.45, 2.75) is 18.2 Å². The number of thiocarbonyl (C=S) groups is 1. The summed E-state index contributed by atoms with van der Waals surface area (Å²) in [4.78, 5) is 15.3. The number of esters is 1. The van der Waals surface area contributed by atoms with E-state index in [-0.39, 0.29) is 0 Å². The van der Waals surface area contributed by atoms with E-state index in [1.165, 1.54) is 22.8 Å². The Morgan fingerprint density at radius 3 is 2.45 bits per heavy atom. The van der Waals surface area contributed by atoms with Gasteiger partial charge in [-0.1, -0.05) is 25.1 Å². The molecule has 1 aromatic carbocycles. The van der Waals surface area contributed by atoms with Gasteiger partial charge in [-0.15, -0.1) is 11.3 Å². The number of hydrogen-bond donors (Lipinski definition) is 1. The average Bonchev–Trinajstić information content (AvgIpc) is 3.16. The smallest absolute Gasteiger partial charge is 0.340 e. The second kappa shape index (κ2) is 9.21. The van der Waals surface area contributed by atoms with Gasteiger partial charge < -0.3 is 15.0 Å². The van der Waals surface area contributed by atoms with Crippen LogP contribution in [0.2, 0.25) is 0 Å². The lowest BCUT2D eigenvalue weighted by Crippen LogP contribution is -2.51. The quantitative estimate of drug-likeness (QED) is 0.551. The standard InChI is InChI=1S/C19H23N3O4S3/c1-3-14-13-16(18(23)26-2)17(28-14)20-19(27)21-9-11-22(12-10-21)29(24,25)15-7-5-4-6-8-15/h4-8,13H,3,9-12H2,1-2H3,(H,20,27). The van der Waals surface area contributed by atoms with E-state index in [0.717, 1.165) is 11.3 Å². The fourth-order valence-corrected chi connectivity index (χ4v) is 5.80. The maximum atomic E-state index is 12.8. The highest BCUT2D eigenvalue weighted by atomic mass is 32.2. The summed E-state index contributed by atoms with van der Waals surface area (Å²) in [7, 11) is -2.16. The number of carbonyl (C=O) groups is 1. The molecule has 7 nitrogen and oxygen atoms in total. The highest BCUT2D eigenvalue weighted by molar-refractivity contribution is 7.89. The van der Waals surface area contributed by atoms with Gasteiger partial charge in [-0.2, -0.15) is 4.31 Å². The number of hydrogen-bond acceptors (Lipinski definition) is 6. The van der Waals surface area contributed by atoms with E-state index in [1.807, 2.05) is 17.9 Å². The molecule has 1 N–H and O–H groups in total. The topological polar surface area (TPSA) is 79.0 Å². The van der Waals surface area contributed by atoms with Gasteiger partial charge in [0.25, 0.3) is 0 Å². The highest BCUT2D eigenvalue weighted by Gasteiger charge is 2.29. The summed E-state index contributed by atoms with van der Waals surface area (Å²) in [6.07, 6.45) is 0.805. The van der Waals surface area contributed by atoms with Gasteiger partial charge in [0.2, 0.25) is 10.0 Å². The molecule has 0 saturated carbocycles. The van der Waals surface area contributed by atoms with E-state index in [0.29, 0.717) is 46.8 Å². The van der Waals surface area contributed by atoms with Crippen molar-refractivity contribution in [2.75, 3.05) is 38.6 Å². The molecule has 0 radical (unpaired) electrons. The molecule has 0 atom stereocenters. The molecule has 2 heterocycles. The molecule has 0 aliphatic carbocycles. The minimum Gasteiger partial charge on any atom is -0.465 e. The third-order valence-corrected chi connectivity index (χ3v) is 8.13. The molecule has 1 aliphatic rings. The lowest BCUT2D eigenvalue weighted by Gasteiger charge is -2.35. The number of rotatable bonds is 5. The summed E-state index contributed by atoms with van der Waals surface area (Å²) in [6, 6.07) is 10.2. The second-order valence-electron chi connectivity index (χ2n) is 6.43. The third kappa shape index (κ3) is 4.77. The molecule has 2 aromatic rings. The fourth-order valence-electron chi connectivity index (χ4n) is 3.02. The summed E-state index contributed by atoms with van der Waals surface area (Å²) in [6.45, 7) is 3.64. The van der Waals surface area contributed by atoms with Crippen molar-refractivity contribution in [3.63, 3.8) is 0 Å². The van der Waals surface area contributed by atoms with Crippen LogP contribution in [0.3, 0.4) is 0 Å². The number of carbonyl (C=O) groups excluding carboxylic acids is 1. The number of methoxy groups -OCH3 is 1. The number of aryl methyl sites for hydroxylation is 1. The van der Waals surface area contributed by atoms with Gasteiger partial charge in [0.1, 0.15) is 5.00 Å². The Morgan fingerprint density at radius 2 is 1.86 bits per heavy atom. The zero-order chi connectivity index (χ0) is 21.0. The number of benzene rings is 1. The van der Waals surface area contributed by atoms with Crippen molar-refractivity contribution < 1.29 is 17.9 Å². The normalized spacial score (nSPS) is 15.2. The average molecular weight is 454 g/mol. The fraction of sp³-hybridized carbons (Fsp3) is 0.368. The maximum absolute atomic E-state index is 12.8. The van der Waals surface area contributed by atoms with Gasteiger partial charge >= 0.3 is 5.97 Å². The monoisotopic (exact) mass is 453 g/mol. The Kier molecular flexibility index (Phi) is 6.89. The Hall–Kier alpha value is -2.01. The number of nitrogens with one attached hydrogen (secondary N) is 1. The molecule has 0 bridgehead atoms. The van der Waals surface area contributed by atoms with Gasteiger partial charge in [-0.25, -0.2) is 13.2 Å². The molecule has 0 spiro atoms. The van der Waals surface area contributed by atoms with Crippen LogP contribution in [0, 0.1) is 0 Å². The molecule has 1 fully saturated rings. The van der Waals surface area contributed by atoms with Crippen LogP contribution in [-0.2, 0) is 21.2 Å². The molecule has 0 unspecified atom stereocenters. The first kappa shape index (κ1) is 21.7. The van der Waals surface area contributed by atoms with E-state index >= 15 is 0 Å². The van der Waals surface area contributed by atoms with Crippen LogP contribution in [0.1, 0.15) is 22.2 Å². The number of ether oxygens (including phenoxy) is 1. The van der Waals surface area contributed by atoms with Crippen molar-refractivity contribution >= 4 is 49.7 Å². The minimum atomic E-state index is -3.51. The van der Waals surface area contributed by atoms with Gasteiger partial charge in [0, 0.05) is 31.1 Å². The third-order valence-electron chi connectivity index (χ3n) is 4.66. The van der Waals surface area contributed by atoms with E-state index in [2.05, 4.69) is 5.32 Å². The molecule has 1 saturated heterocycles. The number of nitrogens with zero attached hydrogens (tertiary/aromatic N) is 2. The van der Waals surface area contributed by atoms with Crippen LogP contribution in [0.15, 0.2) is 41.3 Å². The largest absolute Gasteiger partial charge is 0.465 e. The predicted octanol–water partition coefficient (Wildman–Crippen LogP) is 2.80. The molecule has 0 amide bonds. The van der Waals surface area contributed by atoms with Crippen molar-refractivity contribution in [2.24, 2.45) is 0 Å². The Balaban J connectivity index is 1.65. The summed E-state index contributed by atoms with van der Waals surface area (Å²) in [5.74, 6) is -0.412. The lowest BCUT2D eigenvalue weighted by atomic mass is 10.2.